The zero-order valence-electron chi connectivity index (χ0n) is 6.90. The number of carbonyl (C=O) groups excluding carboxylic acids is 1. The molecule has 3 nitrogen and oxygen atoms in total. The van der Waals surface area contributed by atoms with Gasteiger partial charge in [0, 0.05) is 5.92 Å². The lowest BCUT2D eigenvalue weighted by Gasteiger charge is -1.98. The number of Topliss-reactive ketones (excluding diaryl/α,β-unsaturated/α-hetero) is 1. The maximum Gasteiger partial charge on any atom is 0.261 e. The summed E-state index contributed by atoms with van der Waals surface area (Å²) in [4.78, 5) is 10.4. The summed E-state index contributed by atoms with van der Waals surface area (Å²) in [5.74, 6) is 0.558. The summed E-state index contributed by atoms with van der Waals surface area (Å²) in [5.41, 5.74) is 0. The van der Waals surface area contributed by atoms with E-state index >= 15 is 0 Å². The van der Waals surface area contributed by atoms with Gasteiger partial charge in [0.2, 0.25) is 0 Å². The predicted molar refractivity (Wildman–Crippen MR) is 45.3 cm³/mol. The number of carbonyl (C=O) groups is 1. The maximum absolute atomic E-state index is 10.4. The molecule has 0 saturated carbocycles. The highest BCUT2D eigenvalue weighted by atomic mass is 32.0. The summed E-state index contributed by atoms with van der Waals surface area (Å²) >= 11 is 0. The van der Waals surface area contributed by atoms with Gasteiger partial charge >= 0.3 is 0 Å². The van der Waals surface area contributed by atoms with Gasteiger partial charge in [-0.3, -0.25) is 13.9 Å². The summed E-state index contributed by atoms with van der Waals surface area (Å²) in [7, 11) is -0.670. The molecule has 0 heterocycles. The predicted octanol–water partition coefficient (Wildman–Crippen LogP) is 3.11. The van der Waals surface area contributed by atoms with Crippen LogP contribution in [-0.4, -0.2) is 5.78 Å². The first-order chi connectivity index (χ1) is 5.09. The second-order valence-electron chi connectivity index (χ2n) is 2.08. The third-order valence-corrected chi connectivity index (χ3v) is 1.61. The Hall–Kier alpha value is -0.130. The fourth-order valence-electron chi connectivity index (χ4n) is 0.287. The van der Waals surface area contributed by atoms with E-state index in [0.29, 0.717) is 5.78 Å². The Bertz CT molecular complexity index is 130. The molecule has 1 unspecified atom stereocenters. The Labute approximate surface area is 69.9 Å². The van der Waals surface area contributed by atoms with Crippen LogP contribution in [-0.2, 0) is 13.9 Å². The highest BCUT2D eigenvalue weighted by molar-refractivity contribution is 7.99. The van der Waals surface area contributed by atoms with Crippen LogP contribution in [0.25, 0.3) is 0 Å². The van der Waals surface area contributed by atoms with E-state index in [1.165, 1.54) is 0 Å². The van der Waals surface area contributed by atoms with Gasteiger partial charge in [0.15, 0.2) is 0 Å². The van der Waals surface area contributed by atoms with Crippen molar-refractivity contribution in [2.45, 2.75) is 27.2 Å². The summed E-state index contributed by atoms with van der Waals surface area (Å²) < 4.78 is 17.9. The van der Waals surface area contributed by atoms with Crippen LogP contribution in [0.15, 0.2) is 0 Å². The lowest BCUT2D eigenvalue weighted by molar-refractivity contribution is -0.120. The third-order valence-electron chi connectivity index (χ3n) is 1.34. The van der Waals surface area contributed by atoms with Crippen LogP contribution in [0.4, 0.5) is 0 Å². The van der Waals surface area contributed by atoms with Crippen LogP contribution in [0.1, 0.15) is 27.2 Å². The van der Waals surface area contributed by atoms with E-state index in [0.717, 1.165) is 6.42 Å². The van der Waals surface area contributed by atoms with Crippen molar-refractivity contribution >= 4 is 22.1 Å². The molecular weight excluding hydrogens is 182 g/mol. The van der Waals surface area contributed by atoms with Crippen LogP contribution in [0.5, 0.6) is 0 Å². The lowest BCUT2D eigenvalue weighted by Crippen LogP contribution is -2.03. The molecule has 0 saturated heterocycles. The minimum atomic E-state index is -0.335. The van der Waals surface area contributed by atoms with Gasteiger partial charge in [-0.1, -0.05) is 13.8 Å². The Morgan fingerprint density at radius 3 is 1.73 bits per heavy atom. The minimum absolute atomic E-state index is 0.264. The van der Waals surface area contributed by atoms with Gasteiger partial charge in [0.05, 0.1) is 0 Å². The molecule has 64 valence electrons. The largest absolute Gasteiger partial charge is 0.300 e. The zero-order chi connectivity index (χ0) is 9.28. The molecular formula is C6H12O3P2. The van der Waals surface area contributed by atoms with E-state index in [1.54, 1.807) is 6.92 Å². The van der Waals surface area contributed by atoms with Crippen LogP contribution < -0.4 is 0 Å². The van der Waals surface area contributed by atoms with Crippen molar-refractivity contribution in [1.29, 1.82) is 0 Å². The Kier molecular flexibility index (Phi) is 12.1. The number of ketones is 1. The van der Waals surface area contributed by atoms with Crippen LogP contribution in [0, 0.1) is 5.92 Å². The van der Waals surface area contributed by atoms with Crippen molar-refractivity contribution in [3.05, 3.63) is 0 Å². The number of hydrogen-bond donors (Lipinski definition) is 0. The number of rotatable bonds is 3. The normalized spacial score (nSPS) is 11.9. The topological polar surface area (TPSA) is 51.2 Å². The molecule has 0 spiro atoms. The summed E-state index contributed by atoms with van der Waals surface area (Å²) in [6.45, 7) is 5.60. The fourth-order valence-corrected chi connectivity index (χ4v) is 0.287. The molecule has 0 aliphatic carbocycles. The molecule has 11 heavy (non-hydrogen) atoms. The second kappa shape index (κ2) is 9.87. The monoisotopic (exact) mass is 194 g/mol. The van der Waals surface area contributed by atoms with E-state index in [9.17, 15) is 4.79 Å². The number of hydrogen-bond acceptors (Lipinski definition) is 3. The van der Waals surface area contributed by atoms with Crippen molar-refractivity contribution in [1.82, 2.24) is 0 Å². The molecule has 0 rings (SSSR count). The van der Waals surface area contributed by atoms with E-state index in [1.807, 2.05) is 13.8 Å². The van der Waals surface area contributed by atoms with Crippen molar-refractivity contribution in [3.63, 3.8) is 0 Å². The summed E-state index contributed by atoms with van der Waals surface area (Å²) in [5, 5.41) is 0. The quantitative estimate of drug-likeness (QED) is 0.648. The molecule has 0 amide bonds. The lowest BCUT2D eigenvalue weighted by atomic mass is 10.1. The Morgan fingerprint density at radius 1 is 1.36 bits per heavy atom. The van der Waals surface area contributed by atoms with Crippen molar-refractivity contribution in [2.75, 3.05) is 0 Å². The molecule has 0 aromatic rings. The molecule has 1 atom stereocenters. The van der Waals surface area contributed by atoms with Gasteiger partial charge in [-0.25, -0.2) is 0 Å². The minimum Gasteiger partial charge on any atom is -0.300 e. The molecule has 0 aliphatic heterocycles. The second-order valence-corrected chi connectivity index (χ2v) is 3.39. The standard InChI is InChI=1S/C6H12O.O2P2/c1-4-5(2)6(3)7;1-3-4-2/h5H,4H2,1-3H3;. The molecule has 0 radical (unpaired) electrons. The molecule has 0 aromatic heterocycles. The highest BCUT2D eigenvalue weighted by Crippen LogP contribution is 2.09. The van der Waals surface area contributed by atoms with E-state index < -0.39 is 0 Å². The average molecular weight is 194 g/mol. The molecule has 0 aliphatic rings. The van der Waals surface area contributed by atoms with Crippen LogP contribution in [0.2, 0.25) is 0 Å². The fraction of sp³-hybridized carbons (Fsp3) is 0.833. The average Bonchev–Trinajstić information content (AvgIpc) is 2.03. The van der Waals surface area contributed by atoms with Gasteiger partial charge in [-0.15, -0.1) is 0 Å². The smallest absolute Gasteiger partial charge is 0.261 e. The molecule has 5 heteroatoms. The van der Waals surface area contributed by atoms with E-state index in [-0.39, 0.29) is 22.2 Å². The van der Waals surface area contributed by atoms with Gasteiger partial charge in [-0.05, 0) is 13.3 Å². The van der Waals surface area contributed by atoms with Crippen molar-refractivity contribution < 1.29 is 13.9 Å². The maximum atomic E-state index is 10.4. The molecule has 0 aromatic carbocycles. The van der Waals surface area contributed by atoms with Gasteiger partial charge in [-0.2, -0.15) is 0 Å². The van der Waals surface area contributed by atoms with Gasteiger partial charge < -0.3 is 0 Å². The first-order valence-electron chi connectivity index (χ1n) is 3.25. The van der Waals surface area contributed by atoms with Crippen molar-refractivity contribution in [3.8, 4) is 0 Å². The Balaban J connectivity index is 0. The third kappa shape index (κ3) is 13.0. The Morgan fingerprint density at radius 2 is 1.73 bits per heavy atom. The molecule has 0 N–H and O–H groups in total. The van der Waals surface area contributed by atoms with Gasteiger partial charge in [0.25, 0.3) is 16.3 Å². The first-order valence-corrected chi connectivity index (χ1v) is 5.58. The van der Waals surface area contributed by atoms with Crippen LogP contribution >= 0.6 is 16.3 Å². The van der Waals surface area contributed by atoms with Crippen molar-refractivity contribution in [2.24, 2.45) is 5.92 Å². The highest BCUT2D eigenvalue weighted by Gasteiger charge is 2.01. The molecule has 0 bridgehead atoms. The SMILES string of the molecule is CCC(C)C(C)=O.O=PP=O. The van der Waals surface area contributed by atoms with E-state index in [4.69, 9.17) is 9.13 Å². The summed E-state index contributed by atoms with van der Waals surface area (Å²) in [6, 6.07) is 0. The van der Waals surface area contributed by atoms with E-state index in [2.05, 4.69) is 0 Å². The zero-order valence-corrected chi connectivity index (χ0v) is 8.69. The summed E-state index contributed by atoms with van der Waals surface area (Å²) in [6.07, 6.45) is 0.968. The van der Waals surface area contributed by atoms with Crippen LogP contribution in [0.3, 0.4) is 0 Å². The van der Waals surface area contributed by atoms with Gasteiger partial charge in [0.1, 0.15) is 5.78 Å². The first kappa shape index (κ1) is 13.5. The molecule has 0 fully saturated rings.